The fourth-order valence-corrected chi connectivity index (χ4v) is 5.23. The minimum absolute atomic E-state index is 0.116. The molecule has 1 atom stereocenters. The summed E-state index contributed by atoms with van der Waals surface area (Å²) in [6, 6.07) is 18.0. The molecule has 0 bridgehead atoms. The third-order valence-electron chi connectivity index (χ3n) is 6.65. The van der Waals surface area contributed by atoms with Gasteiger partial charge in [0.2, 0.25) is 0 Å². The summed E-state index contributed by atoms with van der Waals surface area (Å²) in [7, 11) is 0. The lowest BCUT2D eigenvalue weighted by Crippen LogP contribution is -2.41. The minimum Gasteiger partial charge on any atom is -0.399 e. The summed E-state index contributed by atoms with van der Waals surface area (Å²) in [4.78, 5) is 20.3. The van der Waals surface area contributed by atoms with Crippen molar-refractivity contribution in [1.29, 1.82) is 0 Å². The highest BCUT2D eigenvalue weighted by molar-refractivity contribution is 5.97. The van der Waals surface area contributed by atoms with Crippen LogP contribution in [0.25, 0.3) is 0 Å². The predicted molar refractivity (Wildman–Crippen MR) is 130 cm³/mol. The van der Waals surface area contributed by atoms with Crippen molar-refractivity contribution in [3.05, 3.63) is 88.6 Å². The van der Waals surface area contributed by atoms with Crippen LogP contribution < -0.4 is 16.0 Å². The number of anilines is 2. The molecular formula is C27H30N4O2. The molecule has 170 valence electrons. The summed E-state index contributed by atoms with van der Waals surface area (Å²) in [5, 5.41) is 3.41. The molecule has 1 amide bonds. The van der Waals surface area contributed by atoms with E-state index in [0.717, 1.165) is 53.7 Å². The number of ether oxygens (including phenoxy) is 1. The number of rotatable bonds is 4. The van der Waals surface area contributed by atoms with E-state index in [9.17, 15) is 4.79 Å². The van der Waals surface area contributed by atoms with Gasteiger partial charge in [-0.25, -0.2) is 4.98 Å². The highest BCUT2D eigenvalue weighted by atomic mass is 16.5. The van der Waals surface area contributed by atoms with Gasteiger partial charge in [0.15, 0.2) is 6.10 Å². The van der Waals surface area contributed by atoms with Crippen LogP contribution in [0.3, 0.4) is 0 Å². The van der Waals surface area contributed by atoms with Gasteiger partial charge in [0.1, 0.15) is 5.82 Å². The molecule has 1 fully saturated rings. The van der Waals surface area contributed by atoms with Gasteiger partial charge in [-0.05, 0) is 62.5 Å². The van der Waals surface area contributed by atoms with Crippen LogP contribution in [0.2, 0.25) is 0 Å². The van der Waals surface area contributed by atoms with E-state index in [0.29, 0.717) is 18.1 Å². The smallest absolute Gasteiger partial charge is 0.262 e. The molecule has 3 N–H and O–H groups in total. The fourth-order valence-electron chi connectivity index (χ4n) is 5.23. The van der Waals surface area contributed by atoms with Crippen molar-refractivity contribution >= 4 is 17.4 Å². The topological polar surface area (TPSA) is 80.5 Å². The summed E-state index contributed by atoms with van der Waals surface area (Å²) in [5.74, 6) is 0.418. The Morgan fingerprint density at radius 3 is 2.58 bits per heavy atom. The number of nitrogens with two attached hydrogens (primary N) is 1. The zero-order valence-electron chi connectivity index (χ0n) is 19.2. The maximum absolute atomic E-state index is 14.1. The van der Waals surface area contributed by atoms with Crippen LogP contribution in [-0.2, 0) is 21.7 Å². The highest BCUT2D eigenvalue weighted by Gasteiger charge is 2.48. The van der Waals surface area contributed by atoms with Gasteiger partial charge in [-0.1, -0.05) is 53.6 Å². The molecule has 1 spiro atoms. The minimum atomic E-state index is -0.673. The van der Waals surface area contributed by atoms with E-state index in [1.807, 2.05) is 18.2 Å². The van der Waals surface area contributed by atoms with Crippen LogP contribution in [0.4, 0.5) is 11.5 Å². The van der Waals surface area contributed by atoms with Gasteiger partial charge >= 0.3 is 0 Å². The number of carbonyl (C=O) groups excluding carboxylic acids is 1. The van der Waals surface area contributed by atoms with Crippen LogP contribution in [0, 0.1) is 13.8 Å². The number of fused-ring (bicyclic) bond motifs is 2. The van der Waals surface area contributed by atoms with Crippen LogP contribution in [0.5, 0.6) is 0 Å². The number of aryl methyl sites for hydroxylation is 2. The number of aromatic nitrogens is 1. The van der Waals surface area contributed by atoms with Crippen molar-refractivity contribution < 1.29 is 9.53 Å². The summed E-state index contributed by atoms with van der Waals surface area (Å²) < 4.78 is 6.65. The SMILES string of the molecule is Cc1cc(C)cc(CN(C(=O)C2OC3(CCNCC3)c3ccccc32)c2cc(N)ccn2)c1. The number of carbonyl (C=O) groups is 1. The third kappa shape index (κ3) is 4.12. The van der Waals surface area contributed by atoms with Gasteiger partial charge in [-0.3, -0.25) is 9.69 Å². The lowest BCUT2D eigenvalue weighted by atomic mass is 9.84. The van der Waals surface area contributed by atoms with E-state index in [2.05, 4.69) is 48.4 Å². The Hall–Kier alpha value is -3.22. The Bertz CT molecular complexity index is 1170. The lowest BCUT2D eigenvalue weighted by Gasteiger charge is -2.35. The first-order valence-corrected chi connectivity index (χ1v) is 11.5. The molecule has 0 aliphatic carbocycles. The second-order valence-electron chi connectivity index (χ2n) is 9.20. The number of pyridine rings is 1. The van der Waals surface area contributed by atoms with Gasteiger partial charge in [0.05, 0.1) is 12.1 Å². The van der Waals surface area contributed by atoms with Gasteiger partial charge in [0, 0.05) is 18.0 Å². The quantitative estimate of drug-likeness (QED) is 0.634. The van der Waals surface area contributed by atoms with Crippen LogP contribution >= 0.6 is 0 Å². The molecule has 6 heteroatoms. The van der Waals surface area contributed by atoms with Crippen molar-refractivity contribution in [2.45, 2.75) is 44.9 Å². The molecule has 2 aromatic carbocycles. The van der Waals surface area contributed by atoms with Gasteiger partial charge in [-0.2, -0.15) is 0 Å². The first kappa shape index (κ1) is 21.6. The second-order valence-corrected chi connectivity index (χ2v) is 9.20. The molecule has 1 aromatic heterocycles. The van der Waals surface area contributed by atoms with Crippen molar-refractivity contribution in [2.24, 2.45) is 0 Å². The number of nitrogen functional groups attached to an aromatic ring is 1. The summed E-state index contributed by atoms with van der Waals surface area (Å²) in [6.45, 7) is 6.28. The van der Waals surface area contributed by atoms with E-state index < -0.39 is 11.7 Å². The zero-order valence-corrected chi connectivity index (χ0v) is 19.2. The molecule has 1 unspecified atom stereocenters. The molecular weight excluding hydrogens is 412 g/mol. The van der Waals surface area contributed by atoms with Crippen LogP contribution in [-0.4, -0.2) is 24.0 Å². The molecule has 33 heavy (non-hydrogen) atoms. The average molecular weight is 443 g/mol. The Morgan fingerprint density at radius 2 is 1.85 bits per heavy atom. The van der Waals surface area contributed by atoms with Crippen LogP contribution in [0.1, 0.15) is 46.8 Å². The molecule has 2 aliphatic heterocycles. The van der Waals surface area contributed by atoms with E-state index in [4.69, 9.17) is 10.5 Å². The predicted octanol–water partition coefficient (Wildman–Crippen LogP) is 4.16. The van der Waals surface area contributed by atoms with E-state index >= 15 is 0 Å². The molecule has 3 aromatic rings. The molecule has 6 nitrogen and oxygen atoms in total. The van der Waals surface area contributed by atoms with Gasteiger partial charge < -0.3 is 15.8 Å². The molecule has 1 saturated heterocycles. The molecule has 5 rings (SSSR count). The first-order valence-electron chi connectivity index (χ1n) is 11.5. The Balaban J connectivity index is 1.54. The Morgan fingerprint density at radius 1 is 1.12 bits per heavy atom. The Labute approximate surface area is 194 Å². The van der Waals surface area contributed by atoms with E-state index in [-0.39, 0.29) is 5.91 Å². The average Bonchev–Trinajstić information content (AvgIpc) is 3.11. The van der Waals surface area contributed by atoms with Crippen LogP contribution in [0.15, 0.2) is 60.8 Å². The number of benzene rings is 2. The monoisotopic (exact) mass is 442 g/mol. The van der Waals surface area contributed by atoms with Crippen molar-refractivity contribution in [3.8, 4) is 0 Å². The van der Waals surface area contributed by atoms with E-state index in [1.165, 1.54) is 0 Å². The summed E-state index contributed by atoms with van der Waals surface area (Å²) in [6.07, 6.45) is 2.67. The molecule has 0 saturated carbocycles. The maximum Gasteiger partial charge on any atom is 0.262 e. The number of nitrogens with one attached hydrogen (secondary N) is 1. The second kappa shape index (κ2) is 8.61. The van der Waals surface area contributed by atoms with Gasteiger partial charge in [-0.15, -0.1) is 0 Å². The first-order chi connectivity index (χ1) is 15.9. The number of hydrogen-bond acceptors (Lipinski definition) is 5. The van der Waals surface area contributed by atoms with Crippen molar-refractivity contribution in [3.63, 3.8) is 0 Å². The summed E-state index contributed by atoms with van der Waals surface area (Å²) >= 11 is 0. The number of piperidine rings is 1. The van der Waals surface area contributed by atoms with Crippen molar-refractivity contribution in [2.75, 3.05) is 23.7 Å². The van der Waals surface area contributed by atoms with Crippen molar-refractivity contribution in [1.82, 2.24) is 10.3 Å². The number of amides is 1. The largest absolute Gasteiger partial charge is 0.399 e. The third-order valence-corrected chi connectivity index (χ3v) is 6.65. The molecule has 0 radical (unpaired) electrons. The maximum atomic E-state index is 14.1. The number of hydrogen-bond donors (Lipinski definition) is 2. The highest BCUT2D eigenvalue weighted by Crippen LogP contribution is 2.49. The fraction of sp³-hybridized carbons (Fsp3) is 0.333. The van der Waals surface area contributed by atoms with Gasteiger partial charge in [0.25, 0.3) is 5.91 Å². The zero-order chi connectivity index (χ0) is 23.0. The molecule has 3 heterocycles. The normalized spacial score (nSPS) is 18.8. The standard InChI is InChI=1S/C27H30N4O2/c1-18-13-19(2)15-20(14-18)17-31(24-16-21(28)7-10-30-24)26(32)25-22-5-3-4-6-23(22)27(33-25)8-11-29-12-9-27/h3-7,10,13-16,25,29H,8-9,11-12,17H2,1-2H3,(H2,28,30). The number of nitrogens with zero attached hydrogens (tertiary/aromatic N) is 2. The Kier molecular flexibility index (Phi) is 5.64. The molecule has 2 aliphatic rings. The summed E-state index contributed by atoms with van der Waals surface area (Å²) in [5.41, 5.74) is 11.7. The van der Waals surface area contributed by atoms with E-state index in [1.54, 1.807) is 23.2 Å². The lowest BCUT2D eigenvalue weighted by molar-refractivity contribution is -0.145.